The first-order valence-corrected chi connectivity index (χ1v) is 12.6. The zero-order chi connectivity index (χ0) is 25.5. The molecule has 1 saturated heterocycles. The minimum absolute atomic E-state index is 0.229. The summed E-state index contributed by atoms with van der Waals surface area (Å²) < 4.78 is 5.17. The third kappa shape index (κ3) is 4.79. The lowest BCUT2D eigenvalue weighted by molar-refractivity contribution is -0.110. The minimum Gasteiger partial charge on any atom is -0.408 e. The average Bonchev–Trinajstić information content (AvgIpc) is 3.41. The number of hydrogen-bond acceptors (Lipinski definition) is 6. The highest BCUT2D eigenvalue weighted by Gasteiger charge is 2.29. The molecule has 0 radical (unpaired) electrons. The predicted octanol–water partition coefficient (Wildman–Crippen LogP) is 4.45. The highest BCUT2D eigenvalue weighted by molar-refractivity contribution is 6.38. The van der Waals surface area contributed by atoms with Crippen molar-refractivity contribution in [3.63, 3.8) is 0 Å². The molecule has 3 aromatic carbocycles. The first-order chi connectivity index (χ1) is 17.9. The number of hydrogen-bond donors (Lipinski definition) is 3. The third-order valence-corrected chi connectivity index (χ3v) is 7.14. The standard InChI is InChI=1S/C28H26ClN5O3/c1-33-10-12-34(13-11-33)16-17-2-6-20(7-3-17)30-26(18-4-9-24-23(14-18)32-28(36)37-24)25-21-8-5-19(29)15-22(21)31-27(25)35/h2-9,14-15,30H,10-13,16H2,1H3,(H,31,35)(H,32,36)/b26-25-. The van der Waals surface area contributed by atoms with E-state index < -0.39 is 5.76 Å². The smallest absolute Gasteiger partial charge is 0.408 e. The van der Waals surface area contributed by atoms with E-state index in [-0.39, 0.29) is 5.91 Å². The molecule has 1 amide bonds. The number of H-pyrrole nitrogens is 1. The van der Waals surface area contributed by atoms with E-state index in [0.717, 1.165) is 49.5 Å². The number of carbonyl (C=O) groups excluding carboxylic acids is 1. The van der Waals surface area contributed by atoms with E-state index in [2.05, 4.69) is 44.6 Å². The Labute approximate surface area is 218 Å². The Bertz CT molecular complexity index is 1580. The molecule has 0 saturated carbocycles. The second-order valence-electron chi connectivity index (χ2n) is 9.52. The molecular weight excluding hydrogens is 490 g/mol. The average molecular weight is 516 g/mol. The van der Waals surface area contributed by atoms with Crippen LogP contribution in [-0.2, 0) is 11.3 Å². The van der Waals surface area contributed by atoms with E-state index >= 15 is 0 Å². The fraction of sp³-hybridized carbons (Fsp3) is 0.214. The maximum absolute atomic E-state index is 13.2. The molecule has 3 heterocycles. The van der Waals surface area contributed by atoms with Gasteiger partial charge in [0.15, 0.2) is 5.58 Å². The molecule has 0 bridgehead atoms. The predicted molar refractivity (Wildman–Crippen MR) is 147 cm³/mol. The zero-order valence-electron chi connectivity index (χ0n) is 20.3. The molecule has 2 aliphatic heterocycles. The van der Waals surface area contributed by atoms with Crippen LogP contribution in [0.4, 0.5) is 11.4 Å². The molecule has 0 aliphatic carbocycles. The van der Waals surface area contributed by atoms with Crippen molar-refractivity contribution in [1.82, 2.24) is 14.8 Å². The van der Waals surface area contributed by atoms with Crippen LogP contribution in [-0.4, -0.2) is 53.9 Å². The van der Waals surface area contributed by atoms with Gasteiger partial charge in [-0.3, -0.25) is 14.7 Å². The van der Waals surface area contributed by atoms with E-state index in [4.69, 9.17) is 16.0 Å². The van der Waals surface area contributed by atoms with Crippen molar-refractivity contribution >= 4 is 51.3 Å². The van der Waals surface area contributed by atoms with Crippen LogP contribution in [0.2, 0.25) is 5.02 Å². The lowest BCUT2D eigenvalue weighted by atomic mass is 9.99. The van der Waals surface area contributed by atoms with Crippen molar-refractivity contribution in [2.75, 3.05) is 43.9 Å². The number of nitrogens with zero attached hydrogens (tertiary/aromatic N) is 2. The van der Waals surface area contributed by atoms with Crippen molar-refractivity contribution in [3.8, 4) is 0 Å². The lowest BCUT2D eigenvalue weighted by Gasteiger charge is -2.32. The Balaban J connectivity index is 1.36. The maximum Gasteiger partial charge on any atom is 0.417 e. The molecule has 3 N–H and O–H groups in total. The number of halogens is 1. The van der Waals surface area contributed by atoms with Gasteiger partial charge in [-0.15, -0.1) is 0 Å². The van der Waals surface area contributed by atoms with Crippen LogP contribution in [0.25, 0.3) is 22.4 Å². The number of fused-ring (bicyclic) bond motifs is 2. The second-order valence-corrected chi connectivity index (χ2v) is 9.96. The number of aromatic amines is 1. The number of oxazole rings is 1. The number of likely N-dealkylation sites (N-methyl/N-ethyl adjacent to an activating group) is 1. The molecule has 0 spiro atoms. The van der Waals surface area contributed by atoms with E-state index in [1.165, 1.54) is 5.56 Å². The Hall–Kier alpha value is -3.85. The van der Waals surface area contributed by atoms with Gasteiger partial charge in [-0.1, -0.05) is 29.8 Å². The monoisotopic (exact) mass is 515 g/mol. The first-order valence-electron chi connectivity index (χ1n) is 12.2. The number of aromatic nitrogens is 1. The Morgan fingerprint density at radius 2 is 1.78 bits per heavy atom. The number of anilines is 2. The van der Waals surface area contributed by atoms with Gasteiger partial charge < -0.3 is 20.0 Å². The van der Waals surface area contributed by atoms with Gasteiger partial charge in [0.25, 0.3) is 5.91 Å². The third-order valence-electron chi connectivity index (χ3n) is 6.91. The van der Waals surface area contributed by atoms with Gasteiger partial charge in [0, 0.05) is 54.6 Å². The molecular formula is C28H26ClN5O3. The number of rotatable bonds is 5. The molecule has 37 heavy (non-hydrogen) atoms. The normalized spacial score (nSPS) is 17.6. The first kappa shape index (κ1) is 23.5. The summed E-state index contributed by atoms with van der Waals surface area (Å²) in [7, 11) is 2.16. The van der Waals surface area contributed by atoms with Crippen LogP contribution in [0, 0.1) is 0 Å². The summed E-state index contributed by atoms with van der Waals surface area (Å²) in [5.41, 5.74) is 6.36. The Kier molecular flexibility index (Phi) is 6.08. The van der Waals surface area contributed by atoms with Gasteiger partial charge >= 0.3 is 5.76 Å². The summed E-state index contributed by atoms with van der Waals surface area (Å²) in [6.45, 7) is 5.19. The van der Waals surface area contributed by atoms with Crippen LogP contribution in [0.5, 0.6) is 0 Å². The van der Waals surface area contributed by atoms with Crippen LogP contribution in [0.3, 0.4) is 0 Å². The van der Waals surface area contributed by atoms with Gasteiger partial charge in [0.1, 0.15) is 0 Å². The Morgan fingerprint density at radius 1 is 1.00 bits per heavy atom. The number of nitrogens with one attached hydrogen (secondary N) is 3. The van der Waals surface area contributed by atoms with E-state index in [9.17, 15) is 9.59 Å². The fourth-order valence-corrected chi connectivity index (χ4v) is 5.05. The van der Waals surface area contributed by atoms with Crippen LogP contribution >= 0.6 is 11.6 Å². The van der Waals surface area contributed by atoms with Gasteiger partial charge in [0.2, 0.25) is 0 Å². The summed E-state index contributed by atoms with van der Waals surface area (Å²) in [5.74, 6) is -0.754. The molecule has 6 rings (SSSR count). The van der Waals surface area contributed by atoms with Gasteiger partial charge in [-0.05, 0) is 55.1 Å². The van der Waals surface area contributed by atoms with Crippen molar-refractivity contribution < 1.29 is 9.21 Å². The van der Waals surface area contributed by atoms with E-state index in [1.54, 1.807) is 24.3 Å². The minimum atomic E-state index is -0.524. The van der Waals surface area contributed by atoms with Crippen LogP contribution in [0.15, 0.2) is 69.9 Å². The van der Waals surface area contributed by atoms with Crippen molar-refractivity contribution in [2.45, 2.75) is 6.54 Å². The van der Waals surface area contributed by atoms with Crippen LogP contribution in [0.1, 0.15) is 16.7 Å². The lowest BCUT2D eigenvalue weighted by Crippen LogP contribution is -2.43. The topological polar surface area (TPSA) is 93.6 Å². The molecule has 1 fully saturated rings. The molecule has 8 nitrogen and oxygen atoms in total. The summed E-state index contributed by atoms with van der Waals surface area (Å²) in [6, 6.07) is 19.0. The quantitative estimate of drug-likeness (QED) is 0.340. The van der Waals surface area contributed by atoms with Gasteiger partial charge in [-0.2, -0.15) is 0 Å². The number of amides is 1. The number of benzene rings is 3. The molecule has 0 atom stereocenters. The zero-order valence-corrected chi connectivity index (χ0v) is 21.1. The fourth-order valence-electron chi connectivity index (χ4n) is 4.88. The summed E-state index contributed by atoms with van der Waals surface area (Å²) in [6.07, 6.45) is 0. The largest absolute Gasteiger partial charge is 0.417 e. The maximum atomic E-state index is 13.2. The highest BCUT2D eigenvalue weighted by atomic mass is 35.5. The molecule has 188 valence electrons. The molecule has 9 heteroatoms. The SMILES string of the molecule is CN1CCN(Cc2ccc(N/C(=C3\C(=O)Nc4cc(Cl)ccc43)c3ccc4oc(=O)[nH]c4c3)cc2)CC1. The number of piperazine rings is 1. The van der Waals surface area contributed by atoms with Gasteiger partial charge in [0.05, 0.1) is 22.5 Å². The van der Waals surface area contributed by atoms with Crippen molar-refractivity contribution in [3.05, 3.63) is 92.9 Å². The number of carbonyl (C=O) groups is 1. The Morgan fingerprint density at radius 3 is 2.57 bits per heavy atom. The van der Waals surface area contributed by atoms with E-state index in [0.29, 0.717) is 33.1 Å². The summed E-state index contributed by atoms with van der Waals surface area (Å²) >= 11 is 6.17. The van der Waals surface area contributed by atoms with Crippen molar-refractivity contribution in [1.29, 1.82) is 0 Å². The molecule has 1 aromatic heterocycles. The summed E-state index contributed by atoms with van der Waals surface area (Å²) in [5, 5.41) is 6.94. The highest BCUT2D eigenvalue weighted by Crippen LogP contribution is 2.39. The molecule has 0 unspecified atom stereocenters. The van der Waals surface area contributed by atoms with E-state index in [1.807, 2.05) is 24.3 Å². The molecule has 2 aliphatic rings. The second kappa shape index (κ2) is 9.55. The summed E-state index contributed by atoms with van der Waals surface area (Å²) in [4.78, 5) is 32.4. The molecule has 4 aromatic rings. The van der Waals surface area contributed by atoms with Crippen LogP contribution < -0.4 is 16.4 Å². The van der Waals surface area contributed by atoms with Crippen molar-refractivity contribution in [2.24, 2.45) is 0 Å². The van der Waals surface area contributed by atoms with Gasteiger partial charge in [-0.25, -0.2) is 4.79 Å².